The second-order valence-corrected chi connectivity index (χ2v) is 7.70. The van der Waals surface area contributed by atoms with Crippen molar-refractivity contribution < 1.29 is 19.1 Å². The second kappa shape index (κ2) is 10.3. The van der Waals surface area contributed by atoms with Crippen molar-refractivity contribution in [3.8, 4) is 11.3 Å². The van der Waals surface area contributed by atoms with E-state index in [1.54, 1.807) is 31.3 Å². The maximum atomic E-state index is 13.0. The van der Waals surface area contributed by atoms with E-state index >= 15 is 0 Å². The van der Waals surface area contributed by atoms with Gasteiger partial charge in [0.2, 0.25) is 0 Å². The molecule has 1 aromatic carbocycles. The summed E-state index contributed by atoms with van der Waals surface area (Å²) >= 11 is 0. The molecule has 1 saturated heterocycles. The third-order valence-electron chi connectivity index (χ3n) is 5.49. The zero-order chi connectivity index (χ0) is 23.2. The molecule has 2 aromatic heterocycles. The summed E-state index contributed by atoms with van der Waals surface area (Å²) in [6.07, 6.45) is 1.30. The van der Waals surface area contributed by atoms with Gasteiger partial charge in [0.05, 0.1) is 31.1 Å². The molecule has 0 radical (unpaired) electrons. The Balaban J connectivity index is 1.48. The highest BCUT2D eigenvalue weighted by Gasteiger charge is 2.27. The lowest BCUT2D eigenvalue weighted by Crippen LogP contribution is -2.42. The fraction of sp³-hybridized carbons (Fsp3) is 0.280. The number of ether oxygens (including phenoxy) is 2. The van der Waals surface area contributed by atoms with Gasteiger partial charge in [-0.15, -0.1) is 0 Å². The van der Waals surface area contributed by atoms with Crippen LogP contribution in [0.15, 0.2) is 60.8 Å². The number of rotatable bonds is 6. The number of carbonyl (C=O) groups excluding carboxylic acids is 2. The molecule has 1 N–H and O–H groups in total. The van der Waals surface area contributed by atoms with Crippen LogP contribution >= 0.6 is 0 Å². The van der Waals surface area contributed by atoms with Crippen LogP contribution in [0, 0.1) is 0 Å². The quantitative estimate of drug-likeness (QED) is 0.626. The topological polar surface area (TPSA) is 93.7 Å². The molecule has 0 aliphatic carbocycles. The highest BCUT2D eigenvalue weighted by Crippen LogP contribution is 2.25. The largest absolute Gasteiger partial charge is 0.380 e. The van der Waals surface area contributed by atoms with Gasteiger partial charge in [-0.1, -0.05) is 18.2 Å². The fourth-order valence-corrected chi connectivity index (χ4v) is 3.70. The zero-order valence-electron chi connectivity index (χ0n) is 18.7. The number of benzene rings is 1. The van der Waals surface area contributed by atoms with Gasteiger partial charge in [0, 0.05) is 38.0 Å². The summed E-state index contributed by atoms with van der Waals surface area (Å²) in [6, 6.07) is 16.6. The van der Waals surface area contributed by atoms with Crippen molar-refractivity contribution in [2.45, 2.75) is 12.7 Å². The van der Waals surface area contributed by atoms with Crippen LogP contribution in [-0.4, -0.2) is 60.5 Å². The van der Waals surface area contributed by atoms with Gasteiger partial charge in [0.15, 0.2) is 0 Å². The van der Waals surface area contributed by atoms with E-state index in [-0.39, 0.29) is 17.9 Å². The van der Waals surface area contributed by atoms with Crippen LogP contribution in [0.5, 0.6) is 0 Å². The molecule has 0 saturated carbocycles. The maximum absolute atomic E-state index is 13.0. The zero-order valence-corrected chi connectivity index (χ0v) is 18.7. The Labute approximate surface area is 192 Å². The number of morpholine rings is 1. The molecule has 2 amide bonds. The standard InChI is InChI=1S/C25H26N4O4/c1-26-24(30)22-11-10-19(14-27-22)20-4-3-5-21(28-20)23-15-29(12-13-33-23)25(31)18-8-6-17(7-9-18)16-32-2/h3-11,14,23H,12-13,15-16H2,1-2H3,(H,26,30)/t23-/m0/s1. The average Bonchev–Trinajstić information content (AvgIpc) is 2.89. The molecule has 0 unspecified atom stereocenters. The minimum Gasteiger partial charge on any atom is -0.380 e. The van der Waals surface area contributed by atoms with Crippen LogP contribution in [0.2, 0.25) is 0 Å². The second-order valence-electron chi connectivity index (χ2n) is 7.70. The lowest BCUT2D eigenvalue weighted by molar-refractivity contribution is -0.0246. The first-order valence-electron chi connectivity index (χ1n) is 10.7. The van der Waals surface area contributed by atoms with Crippen LogP contribution in [0.3, 0.4) is 0 Å². The number of hydrogen-bond donors (Lipinski definition) is 1. The molecule has 3 aromatic rings. The Hall–Kier alpha value is -3.62. The van der Waals surface area contributed by atoms with Crippen molar-refractivity contribution >= 4 is 11.8 Å². The molecular formula is C25H26N4O4. The summed E-state index contributed by atoms with van der Waals surface area (Å²) in [5.74, 6) is -0.269. The molecule has 8 heteroatoms. The Morgan fingerprint density at radius 3 is 2.67 bits per heavy atom. The van der Waals surface area contributed by atoms with E-state index in [9.17, 15) is 9.59 Å². The molecule has 0 spiro atoms. The van der Waals surface area contributed by atoms with E-state index in [0.717, 1.165) is 22.5 Å². The molecule has 1 aliphatic heterocycles. The lowest BCUT2D eigenvalue weighted by atomic mass is 10.1. The van der Waals surface area contributed by atoms with Crippen LogP contribution < -0.4 is 5.32 Å². The molecular weight excluding hydrogens is 420 g/mol. The van der Waals surface area contributed by atoms with Gasteiger partial charge in [-0.3, -0.25) is 14.6 Å². The molecule has 0 bridgehead atoms. The predicted octanol–water partition coefficient (Wildman–Crippen LogP) is 2.86. The maximum Gasteiger partial charge on any atom is 0.269 e. The van der Waals surface area contributed by atoms with Crippen molar-refractivity contribution in [1.29, 1.82) is 0 Å². The van der Waals surface area contributed by atoms with Gasteiger partial charge < -0.3 is 19.7 Å². The monoisotopic (exact) mass is 446 g/mol. The van der Waals surface area contributed by atoms with Crippen molar-refractivity contribution in [2.24, 2.45) is 0 Å². The summed E-state index contributed by atoms with van der Waals surface area (Å²) in [4.78, 5) is 35.5. The highest BCUT2D eigenvalue weighted by atomic mass is 16.5. The van der Waals surface area contributed by atoms with E-state index in [2.05, 4.69) is 10.3 Å². The summed E-state index contributed by atoms with van der Waals surface area (Å²) in [6.45, 7) is 1.90. The summed E-state index contributed by atoms with van der Waals surface area (Å²) < 4.78 is 11.1. The number of nitrogens with zero attached hydrogens (tertiary/aromatic N) is 3. The molecule has 4 rings (SSSR count). The van der Waals surface area contributed by atoms with Gasteiger partial charge in [0.25, 0.3) is 11.8 Å². The molecule has 1 fully saturated rings. The third kappa shape index (κ3) is 5.24. The summed E-state index contributed by atoms with van der Waals surface area (Å²) in [5, 5.41) is 2.55. The number of hydrogen-bond acceptors (Lipinski definition) is 6. The molecule has 33 heavy (non-hydrogen) atoms. The first-order chi connectivity index (χ1) is 16.1. The average molecular weight is 447 g/mol. The summed E-state index contributed by atoms with van der Waals surface area (Å²) in [5.41, 5.74) is 4.27. The predicted molar refractivity (Wildman–Crippen MR) is 123 cm³/mol. The van der Waals surface area contributed by atoms with Crippen molar-refractivity contribution in [1.82, 2.24) is 20.2 Å². The number of aromatic nitrogens is 2. The van der Waals surface area contributed by atoms with Crippen LogP contribution in [-0.2, 0) is 16.1 Å². The van der Waals surface area contributed by atoms with E-state index < -0.39 is 0 Å². The van der Waals surface area contributed by atoms with Gasteiger partial charge in [-0.25, -0.2) is 4.98 Å². The SMILES string of the molecule is CNC(=O)c1ccc(-c2cccc([C@@H]3CN(C(=O)c4ccc(COC)cc4)CCO3)n2)cn1. The lowest BCUT2D eigenvalue weighted by Gasteiger charge is -2.33. The summed E-state index contributed by atoms with van der Waals surface area (Å²) in [7, 11) is 3.21. The van der Waals surface area contributed by atoms with E-state index in [0.29, 0.717) is 37.6 Å². The van der Waals surface area contributed by atoms with E-state index in [1.807, 2.05) is 48.5 Å². The highest BCUT2D eigenvalue weighted by molar-refractivity contribution is 5.94. The Morgan fingerprint density at radius 2 is 1.97 bits per heavy atom. The van der Waals surface area contributed by atoms with Crippen LogP contribution in [0.4, 0.5) is 0 Å². The smallest absolute Gasteiger partial charge is 0.269 e. The number of pyridine rings is 2. The first-order valence-corrected chi connectivity index (χ1v) is 10.7. The Morgan fingerprint density at radius 1 is 1.15 bits per heavy atom. The van der Waals surface area contributed by atoms with E-state index in [1.165, 1.54) is 0 Å². The van der Waals surface area contributed by atoms with Crippen molar-refractivity contribution in [2.75, 3.05) is 33.9 Å². The Bertz CT molecular complexity index is 1120. The fourth-order valence-electron chi connectivity index (χ4n) is 3.70. The molecule has 8 nitrogen and oxygen atoms in total. The minimum atomic E-state index is -0.325. The number of carbonyl (C=O) groups is 2. The minimum absolute atomic E-state index is 0.0302. The number of amides is 2. The van der Waals surface area contributed by atoms with Gasteiger partial charge in [-0.2, -0.15) is 0 Å². The number of nitrogens with one attached hydrogen (secondary N) is 1. The number of methoxy groups -OCH3 is 1. The van der Waals surface area contributed by atoms with Crippen LogP contribution in [0.25, 0.3) is 11.3 Å². The molecule has 1 atom stereocenters. The van der Waals surface area contributed by atoms with Gasteiger partial charge >= 0.3 is 0 Å². The normalized spacial score (nSPS) is 15.8. The Kier molecular flexibility index (Phi) is 7.07. The van der Waals surface area contributed by atoms with Gasteiger partial charge in [0.1, 0.15) is 11.8 Å². The molecule has 170 valence electrons. The van der Waals surface area contributed by atoms with Gasteiger partial charge in [-0.05, 0) is 42.0 Å². The van der Waals surface area contributed by atoms with Crippen molar-refractivity contribution in [3.05, 3.63) is 83.3 Å². The molecule has 1 aliphatic rings. The van der Waals surface area contributed by atoms with E-state index in [4.69, 9.17) is 14.5 Å². The van der Waals surface area contributed by atoms with Crippen LogP contribution in [0.1, 0.15) is 38.2 Å². The first kappa shape index (κ1) is 22.6. The third-order valence-corrected chi connectivity index (χ3v) is 5.49. The van der Waals surface area contributed by atoms with Crippen molar-refractivity contribution in [3.63, 3.8) is 0 Å². The molecule has 3 heterocycles.